The SMILES string of the molecule is C=C(NS(=O)(=O)C(C)(C)CC)C1C[C@H]1CC(F)F. The maximum absolute atomic E-state index is 12.2. The lowest BCUT2D eigenvalue weighted by molar-refractivity contribution is 0.129. The molecule has 0 aromatic carbocycles. The highest BCUT2D eigenvalue weighted by Gasteiger charge is 2.43. The van der Waals surface area contributed by atoms with E-state index in [-0.39, 0.29) is 18.3 Å². The Morgan fingerprint density at radius 3 is 2.50 bits per heavy atom. The predicted octanol–water partition coefficient (Wildman–Crippen LogP) is 2.90. The van der Waals surface area contributed by atoms with E-state index in [0.29, 0.717) is 18.5 Å². The van der Waals surface area contributed by atoms with Crippen molar-refractivity contribution in [3.8, 4) is 0 Å². The van der Waals surface area contributed by atoms with E-state index in [0.717, 1.165) is 0 Å². The summed E-state index contributed by atoms with van der Waals surface area (Å²) in [5, 5.41) is 0. The third-order valence-electron chi connectivity index (χ3n) is 3.70. The molecule has 1 rings (SSSR count). The molecule has 1 aliphatic rings. The molecule has 0 heterocycles. The zero-order chi connectivity index (χ0) is 14.1. The summed E-state index contributed by atoms with van der Waals surface area (Å²) in [6.07, 6.45) is -1.45. The van der Waals surface area contributed by atoms with Crippen LogP contribution in [0.4, 0.5) is 8.78 Å². The molecule has 0 amide bonds. The zero-order valence-electron chi connectivity index (χ0n) is 11.0. The minimum Gasteiger partial charge on any atom is -0.287 e. The van der Waals surface area contributed by atoms with E-state index in [9.17, 15) is 17.2 Å². The van der Waals surface area contributed by atoms with Gasteiger partial charge in [-0.05, 0) is 32.6 Å². The van der Waals surface area contributed by atoms with E-state index in [1.807, 2.05) is 0 Å². The highest BCUT2D eigenvalue weighted by molar-refractivity contribution is 7.91. The average Bonchev–Trinajstić information content (AvgIpc) is 2.95. The fourth-order valence-electron chi connectivity index (χ4n) is 1.74. The van der Waals surface area contributed by atoms with Crippen molar-refractivity contribution < 1.29 is 17.2 Å². The van der Waals surface area contributed by atoms with Gasteiger partial charge in [-0.1, -0.05) is 13.5 Å². The Kier molecular flexibility index (Phi) is 4.41. The minimum atomic E-state index is -3.50. The van der Waals surface area contributed by atoms with E-state index in [4.69, 9.17) is 0 Å². The van der Waals surface area contributed by atoms with Crippen molar-refractivity contribution in [1.82, 2.24) is 4.72 Å². The van der Waals surface area contributed by atoms with Gasteiger partial charge >= 0.3 is 0 Å². The van der Waals surface area contributed by atoms with Crippen molar-refractivity contribution in [3.05, 3.63) is 12.3 Å². The summed E-state index contributed by atoms with van der Waals surface area (Å²) in [4.78, 5) is 0. The monoisotopic (exact) mass is 281 g/mol. The molecule has 106 valence electrons. The Balaban J connectivity index is 2.58. The number of rotatable bonds is 7. The molecule has 18 heavy (non-hydrogen) atoms. The lowest BCUT2D eigenvalue weighted by Gasteiger charge is -2.24. The topological polar surface area (TPSA) is 46.2 Å². The molecular formula is C12H21F2NO2S. The summed E-state index contributed by atoms with van der Waals surface area (Å²) in [5.74, 6) is -0.272. The first-order valence-electron chi connectivity index (χ1n) is 6.10. The molecule has 1 fully saturated rings. The maximum atomic E-state index is 12.2. The lowest BCUT2D eigenvalue weighted by Crippen LogP contribution is -2.41. The Hall–Kier alpha value is -0.650. The van der Waals surface area contributed by atoms with Crippen molar-refractivity contribution >= 4 is 10.0 Å². The van der Waals surface area contributed by atoms with E-state index < -0.39 is 21.2 Å². The van der Waals surface area contributed by atoms with Gasteiger partial charge in [0.1, 0.15) is 0 Å². The minimum absolute atomic E-state index is 0.134. The van der Waals surface area contributed by atoms with Gasteiger partial charge in [-0.3, -0.25) is 4.72 Å². The van der Waals surface area contributed by atoms with Crippen LogP contribution in [0.2, 0.25) is 0 Å². The van der Waals surface area contributed by atoms with Crippen molar-refractivity contribution in [2.75, 3.05) is 0 Å². The molecule has 1 aliphatic carbocycles. The summed E-state index contributed by atoms with van der Waals surface area (Å²) in [7, 11) is -3.50. The Labute approximate surface area is 108 Å². The van der Waals surface area contributed by atoms with E-state index in [2.05, 4.69) is 11.3 Å². The van der Waals surface area contributed by atoms with Crippen LogP contribution < -0.4 is 4.72 Å². The van der Waals surface area contributed by atoms with Gasteiger partial charge in [0, 0.05) is 18.0 Å². The smallest absolute Gasteiger partial charge is 0.238 e. The fraction of sp³-hybridized carbons (Fsp3) is 0.833. The van der Waals surface area contributed by atoms with E-state index in [1.54, 1.807) is 20.8 Å². The Morgan fingerprint density at radius 1 is 1.50 bits per heavy atom. The Bertz CT molecular complexity index is 418. The first-order chi connectivity index (χ1) is 8.10. The third-order valence-corrected chi connectivity index (χ3v) is 5.97. The summed E-state index contributed by atoms with van der Waals surface area (Å²) < 4.78 is 50.0. The number of halogens is 2. The fourth-order valence-corrected chi connectivity index (χ4v) is 2.89. The molecular weight excluding hydrogens is 260 g/mol. The molecule has 0 aromatic rings. The van der Waals surface area contributed by atoms with Gasteiger partial charge in [0.15, 0.2) is 0 Å². The molecule has 0 aromatic heterocycles. The van der Waals surface area contributed by atoms with E-state index >= 15 is 0 Å². The molecule has 1 N–H and O–H groups in total. The summed E-state index contributed by atoms with van der Waals surface area (Å²) in [6.45, 7) is 8.72. The molecule has 1 saturated carbocycles. The van der Waals surface area contributed by atoms with Crippen LogP contribution in [-0.2, 0) is 10.0 Å². The van der Waals surface area contributed by atoms with Crippen molar-refractivity contribution in [2.45, 2.75) is 51.2 Å². The summed E-state index contributed by atoms with van der Waals surface area (Å²) >= 11 is 0. The average molecular weight is 281 g/mol. The maximum Gasteiger partial charge on any atom is 0.238 e. The summed E-state index contributed by atoms with van der Waals surface area (Å²) in [6, 6.07) is 0. The first-order valence-corrected chi connectivity index (χ1v) is 7.58. The van der Waals surface area contributed by atoms with Crippen LogP contribution >= 0.6 is 0 Å². The van der Waals surface area contributed by atoms with Crippen LogP contribution in [0, 0.1) is 11.8 Å². The molecule has 3 nitrogen and oxygen atoms in total. The first kappa shape index (κ1) is 15.4. The lowest BCUT2D eigenvalue weighted by atomic mass is 10.1. The van der Waals surface area contributed by atoms with Gasteiger partial charge in [0.2, 0.25) is 16.4 Å². The van der Waals surface area contributed by atoms with Crippen LogP contribution in [0.15, 0.2) is 12.3 Å². The molecule has 0 bridgehead atoms. The van der Waals surface area contributed by atoms with Crippen LogP contribution in [0.5, 0.6) is 0 Å². The number of allylic oxidation sites excluding steroid dienone is 1. The van der Waals surface area contributed by atoms with Gasteiger partial charge in [-0.15, -0.1) is 0 Å². The van der Waals surface area contributed by atoms with Crippen LogP contribution in [-0.4, -0.2) is 19.6 Å². The number of hydrogen-bond donors (Lipinski definition) is 1. The molecule has 6 heteroatoms. The summed E-state index contributed by atoms with van der Waals surface area (Å²) in [5.41, 5.74) is 0.349. The van der Waals surface area contributed by atoms with Crippen molar-refractivity contribution in [3.63, 3.8) is 0 Å². The van der Waals surface area contributed by atoms with Gasteiger partial charge in [-0.25, -0.2) is 17.2 Å². The highest BCUT2D eigenvalue weighted by Crippen LogP contribution is 2.46. The van der Waals surface area contributed by atoms with Gasteiger partial charge in [0.05, 0.1) is 4.75 Å². The number of hydrogen-bond acceptors (Lipinski definition) is 2. The molecule has 0 radical (unpaired) electrons. The van der Waals surface area contributed by atoms with Crippen LogP contribution in [0.25, 0.3) is 0 Å². The van der Waals surface area contributed by atoms with Crippen molar-refractivity contribution in [1.29, 1.82) is 0 Å². The molecule has 0 aliphatic heterocycles. The normalized spacial score (nSPS) is 24.1. The number of nitrogens with one attached hydrogen (secondary N) is 1. The third kappa shape index (κ3) is 3.43. The van der Waals surface area contributed by atoms with Crippen molar-refractivity contribution in [2.24, 2.45) is 11.8 Å². The quantitative estimate of drug-likeness (QED) is 0.780. The highest BCUT2D eigenvalue weighted by atomic mass is 32.2. The van der Waals surface area contributed by atoms with Gasteiger partial charge < -0.3 is 0 Å². The second-order valence-corrected chi connectivity index (χ2v) is 7.79. The zero-order valence-corrected chi connectivity index (χ0v) is 11.9. The standard InChI is InChI=1S/C12H21F2NO2S/c1-5-12(3,4)18(16,17)15-8(2)10-6-9(10)7-11(13)14/h9-11,15H,2,5-7H2,1,3-4H3/t9-,10?/m0/s1. The molecule has 2 atom stereocenters. The molecule has 0 spiro atoms. The predicted molar refractivity (Wildman–Crippen MR) is 67.8 cm³/mol. The van der Waals surface area contributed by atoms with Gasteiger partial charge in [-0.2, -0.15) is 0 Å². The largest absolute Gasteiger partial charge is 0.287 e. The number of alkyl halides is 2. The number of sulfonamides is 1. The molecule has 0 saturated heterocycles. The van der Waals surface area contributed by atoms with Gasteiger partial charge in [0.25, 0.3) is 0 Å². The molecule has 1 unspecified atom stereocenters. The van der Waals surface area contributed by atoms with Crippen LogP contribution in [0.3, 0.4) is 0 Å². The van der Waals surface area contributed by atoms with Crippen LogP contribution in [0.1, 0.15) is 40.0 Å². The second-order valence-electron chi connectivity index (χ2n) is 5.47. The second kappa shape index (κ2) is 5.15. The van der Waals surface area contributed by atoms with E-state index in [1.165, 1.54) is 0 Å². The Morgan fingerprint density at radius 2 is 2.06 bits per heavy atom.